The number of morpholine rings is 1. The van der Waals surface area contributed by atoms with Gasteiger partial charge in [0.05, 0.1) is 35.3 Å². The van der Waals surface area contributed by atoms with Gasteiger partial charge in [-0.15, -0.1) is 0 Å². The lowest BCUT2D eigenvalue weighted by Gasteiger charge is -2.28. The van der Waals surface area contributed by atoms with E-state index in [1.54, 1.807) is 30.3 Å². The number of nitro benzene ring substituents is 1. The molecule has 0 spiro atoms. The van der Waals surface area contributed by atoms with Crippen LogP contribution in [0.5, 0.6) is 5.75 Å². The fourth-order valence-corrected chi connectivity index (χ4v) is 4.22. The lowest BCUT2D eigenvalue weighted by molar-refractivity contribution is -0.384. The maximum atomic E-state index is 12.4. The van der Waals surface area contributed by atoms with Crippen molar-refractivity contribution in [3.05, 3.63) is 63.0 Å². The lowest BCUT2D eigenvalue weighted by atomic mass is 10.1. The maximum absolute atomic E-state index is 12.4. The Morgan fingerprint density at radius 3 is 2.69 bits per heavy atom. The van der Waals surface area contributed by atoms with E-state index >= 15 is 0 Å². The minimum absolute atomic E-state index is 0.00735. The predicted molar refractivity (Wildman–Crippen MR) is 125 cm³/mol. The number of nitrogens with one attached hydrogen (secondary N) is 1. The molecular weight excluding hydrogens is 432 g/mol. The molecule has 0 bridgehead atoms. The molecular formula is C22H22N4O5S. The van der Waals surface area contributed by atoms with Crippen LogP contribution in [-0.4, -0.2) is 48.9 Å². The second kappa shape index (κ2) is 9.84. The summed E-state index contributed by atoms with van der Waals surface area (Å²) in [6, 6.07) is 12.2. The molecule has 2 aliphatic heterocycles. The number of amidine groups is 1. The molecule has 2 aliphatic rings. The van der Waals surface area contributed by atoms with Gasteiger partial charge in [-0.3, -0.25) is 14.9 Å². The lowest BCUT2D eigenvalue weighted by Crippen LogP contribution is -2.36. The van der Waals surface area contributed by atoms with E-state index in [2.05, 4.69) is 10.3 Å². The van der Waals surface area contributed by atoms with Crippen LogP contribution in [0.3, 0.4) is 0 Å². The van der Waals surface area contributed by atoms with Crippen molar-refractivity contribution in [2.45, 2.75) is 6.92 Å². The van der Waals surface area contributed by atoms with Crippen molar-refractivity contribution < 1.29 is 19.2 Å². The van der Waals surface area contributed by atoms with Crippen molar-refractivity contribution in [1.82, 2.24) is 5.32 Å². The molecule has 166 valence electrons. The number of carbonyl (C=O) groups excluding carboxylic acids is 1. The zero-order chi connectivity index (χ0) is 22.5. The molecule has 0 unspecified atom stereocenters. The summed E-state index contributed by atoms with van der Waals surface area (Å²) in [6.07, 6.45) is 1.64. The summed E-state index contributed by atoms with van der Waals surface area (Å²) >= 11 is 1.19. The van der Waals surface area contributed by atoms with Crippen molar-refractivity contribution in [2.75, 3.05) is 37.8 Å². The van der Waals surface area contributed by atoms with Crippen LogP contribution in [0.1, 0.15) is 12.5 Å². The molecule has 2 heterocycles. The fourth-order valence-electron chi connectivity index (χ4n) is 3.38. The molecule has 4 rings (SSSR count). The molecule has 10 heteroatoms. The fraction of sp³-hybridized carbons (Fsp3) is 0.273. The average Bonchev–Trinajstić information content (AvgIpc) is 3.14. The number of amides is 1. The summed E-state index contributed by atoms with van der Waals surface area (Å²) < 4.78 is 10.7. The van der Waals surface area contributed by atoms with Gasteiger partial charge in [-0.25, -0.2) is 4.99 Å². The normalized spacial score (nSPS) is 18.8. The number of carbonyl (C=O) groups is 1. The van der Waals surface area contributed by atoms with Crippen LogP contribution in [-0.2, 0) is 9.53 Å². The van der Waals surface area contributed by atoms with Gasteiger partial charge in [-0.1, -0.05) is 6.07 Å². The molecule has 0 atom stereocenters. The van der Waals surface area contributed by atoms with Crippen LogP contribution in [0.2, 0.25) is 0 Å². The highest BCUT2D eigenvalue weighted by atomic mass is 32.2. The Morgan fingerprint density at radius 1 is 1.25 bits per heavy atom. The average molecular weight is 455 g/mol. The van der Waals surface area contributed by atoms with Gasteiger partial charge in [0.15, 0.2) is 5.17 Å². The van der Waals surface area contributed by atoms with E-state index in [-0.39, 0.29) is 11.6 Å². The third kappa shape index (κ3) is 5.09. The molecule has 2 aromatic rings. The van der Waals surface area contributed by atoms with E-state index in [0.29, 0.717) is 59.9 Å². The number of thioether (sulfide) groups is 1. The zero-order valence-corrected chi connectivity index (χ0v) is 18.3. The summed E-state index contributed by atoms with van der Waals surface area (Å²) in [4.78, 5) is 30.5. The first-order valence-corrected chi connectivity index (χ1v) is 11.0. The number of hydrogen-bond acceptors (Lipinski definition) is 8. The minimum atomic E-state index is -0.395. The second-order valence-electron chi connectivity index (χ2n) is 7.01. The van der Waals surface area contributed by atoms with Crippen LogP contribution in [0, 0.1) is 10.1 Å². The van der Waals surface area contributed by atoms with E-state index in [1.807, 2.05) is 24.0 Å². The van der Waals surface area contributed by atoms with Crippen LogP contribution in [0.4, 0.5) is 17.1 Å². The number of hydrogen-bond donors (Lipinski definition) is 1. The minimum Gasteiger partial charge on any atom is -0.494 e. The monoisotopic (exact) mass is 454 g/mol. The Morgan fingerprint density at radius 2 is 2.00 bits per heavy atom. The number of rotatable bonds is 6. The van der Waals surface area contributed by atoms with Gasteiger partial charge in [0, 0.05) is 19.2 Å². The van der Waals surface area contributed by atoms with Gasteiger partial charge >= 0.3 is 0 Å². The summed E-state index contributed by atoms with van der Waals surface area (Å²) in [7, 11) is 0. The van der Waals surface area contributed by atoms with Gasteiger partial charge < -0.3 is 19.7 Å². The third-order valence-corrected chi connectivity index (χ3v) is 5.78. The summed E-state index contributed by atoms with van der Waals surface area (Å²) in [5.41, 5.74) is 1.83. The first-order chi connectivity index (χ1) is 15.5. The van der Waals surface area contributed by atoms with Crippen LogP contribution < -0.4 is 15.0 Å². The van der Waals surface area contributed by atoms with Crippen molar-refractivity contribution in [3.8, 4) is 5.75 Å². The van der Waals surface area contributed by atoms with E-state index < -0.39 is 4.92 Å². The Labute approximate surface area is 189 Å². The number of ether oxygens (including phenoxy) is 2. The topological polar surface area (TPSA) is 106 Å². The number of anilines is 1. The van der Waals surface area contributed by atoms with Crippen molar-refractivity contribution in [3.63, 3.8) is 0 Å². The summed E-state index contributed by atoms with van der Waals surface area (Å²) in [5.74, 6) is 0.460. The van der Waals surface area contributed by atoms with E-state index in [0.717, 1.165) is 5.75 Å². The molecule has 0 aliphatic carbocycles. The van der Waals surface area contributed by atoms with Crippen LogP contribution in [0.25, 0.3) is 6.08 Å². The van der Waals surface area contributed by atoms with Gasteiger partial charge in [0.25, 0.3) is 11.6 Å². The van der Waals surface area contributed by atoms with Crippen LogP contribution in [0.15, 0.2) is 52.4 Å². The molecule has 2 fully saturated rings. The number of aliphatic imine (C=N–C) groups is 1. The first kappa shape index (κ1) is 21.8. The Bertz CT molecular complexity index is 1080. The Balaban J connectivity index is 1.53. The highest BCUT2D eigenvalue weighted by Gasteiger charge is 2.25. The third-order valence-electron chi connectivity index (χ3n) is 4.87. The van der Waals surface area contributed by atoms with Crippen molar-refractivity contribution in [1.29, 1.82) is 0 Å². The van der Waals surface area contributed by atoms with Crippen LogP contribution >= 0.6 is 11.8 Å². The summed E-state index contributed by atoms with van der Waals surface area (Å²) in [5, 5.41) is 14.8. The maximum Gasteiger partial charge on any atom is 0.293 e. The molecule has 0 aromatic heterocycles. The quantitative estimate of drug-likeness (QED) is 0.403. The van der Waals surface area contributed by atoms with Gasteiger partial charge in [-0.05, 0) is 60.7 Å². The van der Waals surface area contributed by atoms with E-state index in [4.69, 9.17) is 9.47 Å². The zero-order valence-electron chi connectivity index (χ0n) is 17.4. The molecule has 1 N–H and O–H groups in total. The molecule has 32 heavy (non-hydrogen) atoms. The highest BCUT2D eigenvalue weighted by molar-refractivity contribution is 8.18. The Kier molecular flexibility index (Phi) is 6.72. The standard InChI is InChI=1S/C22H22N4O5S/c1-2-31-17-6-4-16(5-7-17)23-22-24-21(27)20(32-22)14-15-3-8-18(19(13-15)26(28)29)25-9-11-30-12-10-25/h3-8,13-14H,2,9-12H2,1H3,(H,23,24,27)/b20-14+. The first-order valence-electron chi connectivity index (χ1n) is 10.2. The number of nitro groups is 1. The summed E-state index contributed by atoms with van der Waals surface area (Å²) in [6.45, 7) is 4.78. The molecule has 2 aromatic carbocycles. The van der Waals surface area contributed by atoms with Crippen molar-refractivity contribution >= 4 is 46.0 Å². The largest absolute Gasteiger partial charge is 0.494 e. The predicted octanol–water partition coefficient (Wildman–Crippen LogP) is 3.72. The second-order valence-corrected chi connectivity index (χ2v) is 8.04. The van der Waals surface area contributed by atoms with Gasteiger partial charge in [-0.2, -0.15) is 0 Å². The van der Waals surface area contributed by atoms with Gasteiger partial charge in [0.1, 0.15) is 11.4 Å². The molecule has 0 radical (unpaired) electrons. The van der Waals surface area contributed by atoms with Gasteiger partial charge in [0.2, 0.25) is 0 Å². The SMILES string of the molecule is CCOc1ccc(N=C2NC(=O)/C(=C\c3ccc(N4CCOCC4)c([N+](=O)[O-])c3)S2)cc1. The number of nitrogens with zero attached hydrogens (tertiary/aromatic N) is 3. The smallest absolute Gasteiger partial charge is 0.293 e. The molecule has 0 saturated carbocycles. The van der Waals surface area contributed by atoms with Crippen molar-refractivity contribution in [2.24, 2.45) is 4.99 Å². The highest BCUT2D eigenvalue weighted by Crippen LogP contribution is 2.33. The van der Waals surface area contributed by atoms with E-state index in [9.17, 15) is 14.9 Å². The number of benzene rings is 2. The van der Waals surface area contributed by atoms with E-state index in [1.165, 1.54) is 17.8 Å². The molecule has 2 saturated heterocycles. The molecule has 9 nitrogen and oxygen atoms in total. The Hall–Kier alpha value is -3.37. The molecule has 1 amide bonds.